The van der Waals surface area contributed by atoms with Crippen molar-refractivity contribution in [2.75, 3.05) is 13.2 Å². The molecule has 0 amide bonds. The van der Waals surface area contributed by atoms with Crippen molar-refractivity contribution in [1.82, 2.24) is 5.32 Å². The molecule has 0 spiro atoms. The summed E-state index contributed by atoms with van der Waals surface area (Å²) in [5, 5.41) is 3.90. The summed E-state index contributed by atoms with van der Waals surface area (Å²) in [6, 6.07) is 18.5. The largest absolute Gasteiger partial charge is 0.463 e. The first-order valence-electron chi connectivity index (χ1n) is 11.5. The van der Waals surface area contributed by atoms with Gasteiger partial charge in [0.05, 0.1) is 0 Å². The van der Waals surface area contributed by atoms with Crippen LogP contribution >= 0.6 is 7.14 Å². The van der Waals surface area contributed by atoms with Crippen LogP contribution in [0.2, 0.25) is 0 Å². The van der Waals surface area contributed by atoms with Crippen LogP contribution in [0.4, 0.5) is 0 Å². The van der Waals surface area contributed by atoms with E-state index < -0.39 is 24.7 Å². The van der Waals surface area contributed by atoms with Crippen molar-refractivity contribution in [3.05, 3.63) is 94.5 Å². The molecule has 4 rings (SSSR count). The van der Waals surface area contributed by atoms with Crippen LogP contribution in [-0.2, 0) is 14.1 Å². The Kier molecular flexibility index (Phi) is 7.15. The molecule has 1 aliphatic heterocycles. The Morgan fingerprint density at radius 3 is 2.00 bits per heavy atom. The monoisotopic (exact) mass is 489 g/mol. The molecule has 1 saturated heterocycles. The van der Waals surface area contributed by atoms with Gasteiger partial charge in [-0.3, -0.25) is 14.4 Å². The van der Waals surface area contributed by atoms with Crippen LogP contribution in [0, 0.1) is 20.8 Å². The van der Waals surface area contributed by atoms with Crippen molar-refractivity contribution in [3.63, 3.8) is 0 Å². The van der Waals surface area contributed by atoms with Crippen LogP contribution in [0.25, 0.3) is 0 Å². The Morgan fingerprint density at radius 1 is 0.914 bits per heavy atom. The Balaban J connectivity index is 1.83. The third-order valence-corrected chi connectivity index (χ3v) is 9.25. The van der Waals surface area contributed by atoms with Crippen LogP contribution in [0.1, 0.15) is 43.8 Å². The Bertz CT molecular complexity index is 1290. The average Bonchev–Trinajstić information content (AvgIpc) is 2.85. The van der Waals surface area contributed by atoms with E-state index in [9.17, 15) is 18.9 Å². The highest BCUT2D eigenvalue weighted by atomic mass is 31.2. The predicted molar refractivity (Wildman–Crippen MR) is 136 cm³/mol. The average molecular weight is 490 g/mol. The molecule has 0 aromatic heterocycles. The van der Waals surface area contributed by atoms with Crippen LogP contribution in [-0.4, -0.2) is 36.5 Å². The summed E-state index contributed by atoms with van der Waals surface area (Å²) in [7, 11) is -3.74. The summed E-state index contributed by atoms with van der Waals surface area (Å²) < 4.78 is 19.7. The fraction of sp³-hybridized carbons (Fsp3) is 0.250. The van der Waals surface area contributed by atoms with Gasteiger partial charge in [0, 0.05) is 34.7 Å². The van der Waals surface area contributed by atoms with Gasteiger partial charge in [0.2, 0.25) is 12.7 Å². The molecule has 1 atom stereocenters. The number of ether oxygens (including phenoxy) is 1. The molecule has 0 aliphatic carbocycles. The predicted octanol–water partition coefficient (Wildman–Crippen LogP) is 3.85. The SMILES string of the molecule is Cc1cc(C)c(C(=O)P(=O)(c2ccccc2)c2ccccc2)c(C)c1C(=O)CC1NCCOC1=O. The Labute approximate surface area is 205 Å². The van der Waals surface area contributed by atoms with Gasteiger partial charge in [-0.1, -0.05) is 66.7 Å². The van der Waals surface area contributed by atoms with Crippen molar-refractivity contribution in [2.24, 2.45) is 0 Å². The minimum atomic E-state index is -3.74. The van der Waals surface area contributed by atoms with Crippen molar-refractivity contribution in [1.29, 1.82) is 0 Å². The first kappa shape index (κ1) is 24.8. The van der Waals surface area contributed by atoms with Gasteiger partial charge in [0.25, 0.3) is 0 Å². The van der Waals surface area contributed by atoms with E-state index in [0.717, 1.165) is 0 Å². The minimum absolute atomic E-state index is 0.0771. The fourth-order valence-electron chi connectivity index (χ4n) is 4.77. The molecule has 3 aromatic rings. The Hall–Kier alpha value is -3.34. The summed E-state index contributed by atoms with van der Waals surface area (Å²) >= 11 is 0. The third-order valence-electron chi connectivity index (χ3n) is 6.40. The topological polar surface area (TPSA) is 89.5 Å². The number of carbonyl (C=O) groups excluding carboxylic acids is 3. The quantitative estimate of drug-likeness (QED) is 0.308. The highest BCUT2D eigenvalue weighted by Gasteiger charge is 2.39. The number of hydrogen-bond acceptors (Lipinski definition) is 6. The highest BCUT2D eigenvalue weighted by Crippen LogP contribution is 2.48. The van der Waals surface area contributed by atoms with Crippen LogP contribution in [0.3, 0.4) is 0 Å². The Morgan fingerprint density at radius 2 is 1.46 bits per heavy atom. The first-order valence-corrected chi connectivity index (χ1v) is 13.3. The second-order valence-corrected chi connectivity index (χ2v) is 11.4. The van der Waals surface area contributed by atoms with Gasteiger partial charge in [-0.25, -0.2) is 0 Å². The summed E-state index contributed by atoms with van der Waals surface area (Å²) in [6.07, 6.45) is -0.0771. The van der Waals surface area contributed by atoms with Crippen molar-refractivity contribution in [3.8, 4) is 0 Å². The second kappa shape index (κ2) is 10.1. The van der Waals surface area contributed by atoms with Crippen molar-refractivity contribution < 1.29 is 23.7 Å². The minimum Gasteiger partial charge on any atom is -0.463 e. The lowest BCUT2D eigenvalue weighted by Gasteiger charge is -2.24. The molecule has 35 heavy (non-hydrogen) atoms. The van der Waals surface area contributed by atoms with Crippen LogP contribution in [0.15, 0.2) is 66.7 Å². The number of ketones is 1. The van der Waals surface area contributed by atoms with E-state index in [1.165, 1.54) is 0 Å². The molecule has 1 fully saturated rings. The lowest BCUT2D eigenvalue weighted by atomic mass is 9.89. The summed E-state index contributed by atoms with van der Waals surface area (Å²) in [5.74, 6) is -0.722. The zero-order valence-electron chi connectivity index (χ0n) is 20.0. The molecule has 1 heterocycles. The van der Waals surface area contributed by atoms with Gasteiger partial charge in [0.15, 0.2) is 5.78 Å². The number of benzene rings is 3. The maximum Gasteiger partial charge on any atom is 0.323 e. The van der Waals surface area contributed by atoms with E-state index in [0.29, 0.717) is 39.4 Å². The zero-order valence-corrected chi connectivity index (χ0v) is 20.9. The van der Waals surface area contributed by atoms with Gasteiger partial charge in [0.1, 0.15) is 12.6 Å². The number of aryl methyl sites for hydroxylation is 2. The lowest BCUT2D eigenvalue weighted by molar-refractivity contribution is -0.149. The second-order valence-electron chi connectivity index (χ2n) is 8.77. The lowest BCUT2D eigenvalue weighted by Crippen LogP contribution is -2.46. The van der Waals surface area contributed by atoms with E-state index in [1.54, 1.807) is 68.4 Å². The van der Waals surface area contributed by atoms with E-state index >= 15 is 0 Å². The van der Waals surface area contributed by atoms with Gasteiger partial charge < -0.3 is 14.6 Å². The molecule has 6 nitrogen and oxygen atoms in total. The number of rotatable bonds is 7. The number of nitrogens with one attached hydrogen (secondary N) is 1. The first-order chi connectivity index (χ1) is 16.7. The molecule has 3 aromatic carbocycles. The molecule has 1 unspecified atom stereocenters. The molecule has 0 radical (unpaired) electrons. The zero-order chi connectivity index (χ0) is 25.2. The van der Waals surface area contributed by atoms with Crippen molar-refractivity contribution in [2.45, 2.75) is 33.2 Å². The number of carbonyl (C=O) groups is 3. The molecule has 0 saturated carbocycles. The van der Waals surface area contributed by atoms with Crippen molar-refractivity contribution >= 4 is 35.0 Å². The summed E-state index contributed by atoms with van der Waals surface area (Å²) in [5.41, 5.74) is 2.01. The number of morpholine rings is 1. The van der Waals surface area contributed by atoms with Gasteiger partial charge in [-0.15, -0.1) is 0 Å². The normalized spacial score (nSPS) is 16.0. The smallest absolute Gasteiger partial charge is 0.323 e. The molecule has 180 valence electrons. The van der Waals surface area contributed by atoms with Gasteiger partial charge in [-0.2, -0.15) is 0 Å². The van der Waals surface area contributed by atoms with Crippen LogP contribution in [0.5, 0.6) is 0 Å². The van der Waals surface area contributed by atoms with E-state index in [-0.39, 0.29) is 24.4 Å². The molecular formula is C28H28NO5P. The summed E-state index contributed by atoms with van der Waals surface area (Å²) in [4.78, 5) is 39.6. The third kappa shape index (κ3) is 4.64. The number of hydrogen-bond donors (Lipinski definition) is 1. The maximum atomic E-state index is 14.6. The molecule has 1 N–H and O–H groups in total. The number of cyclic esters (lactones) is 1. The molecule has 0 bridgehead atoms. The maximum absolute atomic E-state index is 14.6. The number of Topliss-reactive ketones (excluding diaryl/α,β-unsaturated/α-hetero) is 1. The highest BCUT2D eigenvalue weighted by molar-refractivity contribution is 7.93. The molecule has 1 aliphatic rings. The standard InChI is InChI=1S/C28H28NO5P/c1-18-16-19(2)26(20(3)25(18)24(30)17-23-27(31)34-15-14-29-23)28(32)35(33,21-10-6-4-7-11-21)22-12-8-5-9-13-22/h4-13,16,23,29H,14-15,17H2,1-3H3. The molecule has 7 heteroatoms. The van der Waals surface area contributed by atoms with E-state index in [1.807, 2.05) is 19.1 Å². The fourth-order valence-corrected chi connectivity index (χ4v) is 7.38. The van der Waals surface area contributed by atoms with Gasteiger partial charge >= 0.3 is 5.97 Å². The summed E-state index contributed by atoms with van der Waals surface area (Å²) in [6.45, 7) is 6.08. The van der Waals surface area contributed by atoms with Crippen LogP contribution < -0.4 is 15.9 Å². The van der Waals surface area contributed by atoms with Gasteiger partial charge in [-0.05, 0) is 37.5 Å². The number of esters is 1. The molecular weight excluding hydrogens is 461 g/mol. The van der Waals surface area contributed by atoms with E-state index in [4.69, 9.17) is 4.74 Å². The van der Waals surface area contributed by atoms with E-state index in [2.05, 4.69) is 5.32 Å².